The molecule has 206 valence electrons. The van der Waals surface area contributed by atoms with E-state index < -0.39 is 29.8 Å². The third kappa shape index (κ3) is 4.07. The lowest BCUT2D eigenvalue weighted by molar-refractivity contribution is -0.141. The van der Waals surface area contributed by atoms with Gasteiger partial charge in [0.05, 0.1) is 32.8 Å². The van der Waals surface area contributed by atoms with Gasteiger partial charge in [-0.1, -0.05) is 12.1 Å². The van der Waals surface area contributed by atoms with Crippen molar-refractivity contribution in [2.24, 2.45) is 11.8 Å². The Balaban J connectivity index is 1.48. The van der Waals surface area contributed by atoms with Crippen molar-refractivity contribution in [3.63, 3.8) is 0 Å². The molecule has 2 N–H and O–H groups in total. The summed E-state index contributed by atoms with van der Waals surface area (Å²) in [5.74, 6) is -1.12. The first-order valence-electron chi connectivity index (χ1n) is 12.8. The van der Waals surface area contributed by atoms with Crippen LogP contribution in [0.2, 0.25) is 0 Å². The Morgan fingerprint density at radius 3 is 2.10 bits per heavy atom. The van der Waals surface area contributed by atoms with Crippen LogP contribution >= 0.6 is 0 Å². The van der Waals surface area contributed by atoms with E-state index in [1.54, 1.807) is 36.4 Å². The molecule has 2 aliphatic heterocycles. The number of rotatable bonds is 6. The molecule has 3 aromatic rings. The molecule has 1 amide bonds. The minimum Gasteiger partial charge on any atom is -0.502 e. The Hall–Kier alpha value is -4.73. The quantitative estimate of drug-likeness (QED) is 0.351. The summed E-state index contributed by atoms with van der Waals surface area (Å²) < 4.78 is 27.7. The van der Waals surface area contributed by atoms with Crippen LogP contribution in [0.4, 0.5) is 0 Å². The Labute approximate surface area is 229 Å². The number of fused-ring (bicyclic) bond motifs is 3. The van der Waals surface area contributed by atoms with E-state index in [1.807, 2.05) is 12.1 Å². The summed E-state index contributed by atoms with van der Waals surface area (Å²) in [5.41, 5.74) is 3.06. The van der Waals surface area contributed by atoms with Gasteiger partial charge in [-0.05, 0) is 60.0 Å². The highest BCUT2D eigenvalue weighted by Crippen LogP contribution is 2.55. The molecule has 1 saturated heterocycles. The average molecular weight is 546 g/mol. The zero-order chi connectivity index (χ0) is 28.1. The van der Waals surface area contributed by atoms with E-state index in [9.17, 15) is 19.5 Å². The van der Waals surface area contributed by atoms with Gasteiger partial charge in [-0.3, -0.25) is 14.4 Å². The Bertz CT molecular complexity index is 1510. The van der Waals surface area contributed by atoms with Crippen molar-refractivity contribution in [1.82, 2.24) is 5.32 Å². The normalized spacial score (nSPS) is 22.1. The molecule has 10 heteroatoms. The van der Waals surface area contributed by atoms with Crippen LogP contribution in [0.1, 0.15) is 56.3 Å². The highest BCUT2D eigenvalue weighted by Gasteiger charge is 2.53. The Morgan fingerprint density at radius 2 is 1.50 bits per heavy atom. The lowest BCUT2D eigenvalue weighted by atomic mass is 9.65. The first kappa shape index (κ1) is 25.5. The Morgan fingerprint density at radius 1 is 0.900 bits per heavy atom. The van der Waals surface area contributed by atoms with Crippen LogP contribution < -0.4 is 24.3 Å². The van der Waals surface area contributed by atoms with E-state index >= 15 is 0 Å². The number of aromatic hydroxyl groups is 1. The average Bonchev–Trinajstić information content (AvgIpc) is 3.58. The van der Waals surface area contributed by atoms with Crippen LogP contribution in [0.25, 0.3) is 0 Å². The fourth-order valence-corrected chi connectivity index (χ4v) is 5.92. The molecular formula is C30H27NO9. The van der Waals surface area contributed by atoms with Crippen molar-refractivity contribution in [3.8, 4) is 28.7 Å². The van der Waals surface area contributed by atoms with Gasteiger partial charge in [0.1, 0.15) is 0 Å². The molecule has 1 fully saturated rings. The van der Waals surface area contributed by atoms with Crippen LogP contribution in [0.5, 0.6) is 28.7 Å². The highest BCUT2D eigenvalue weighted by molar-refractivity contribution is 5.98. The number of hydrogen-bond donors (Lipinski definition) is 2. The first-order valence-corrected chi connectivity index (χ1v) is 12.8. The molecule has 4 atom stereocenters. The molecule has 6 rings (SSSR count). The predicted octanol–water partition coefficient (Wildman–Crippen LogP) is 3.75. The SMILES string of the molecule is COc1cc([C@@H]2c3cc4c(cc3[C@@H](NC(=O)c3ccc(C(C)=O)cc3)[C@H]3COC(=O)[C@H]23)OCO4)cc(OC)c1O. The summed E-state index contributed by atoms with van der Waals surface area (Å²) in [6, 6.07) is 12.8. The molecule has 0 spiro atoms. The van der Waals surface area contributed by atoms with Crippen LogP contribution in [0.15, 0.2) is 48.5 Å². The van der Waals surface area contributed by atoms with Crippen LogP contribution in [0, 0.1) is 11.8 Å². The molecule has 0 saturated carbocycles. The van der Waals surface area contributed by atoms with Crippen molar-refractivity contribution in [1.29, 1.82) is 0 Å². The number of methoxy groups -OCH3 is 2. The van der Waals surface area contributed by atoms with Crippen molar-refractivity contribution in [2.45, 2.75) is 18.9 Å². The van der Waals surface area contributed by atoms with Crippen LogP contribution in [-0.2, 0) is 9.53 Å². The number of ketones is 1. The van der Waals surface area contributed by atoms with Crippen molar-refractivity contribution < 1.29 is 43.2 Å². The molecule has 0 radical (unpaired) electrons. The highest BCUT2D eigenvalue weighted by atomic mass is 16.7. The number of phenolic OH excluding ortho intramolecular Hbond substituents is 1. The lowest BCUT2D eigenvalue weighted by Gasteiger charge is -2.39. The van der Waals surface area contributed by atoms with Gasteiger partial charge < -0.3 is 34.1 Å². The van der Waals surface area contributed by atoms with Gasteiger partial charge in [-0.15, -0.1) is 0 Å². The third-order valence-electron chi connectivity index (χ3n) is 7.89. The van der Waals surface area contributed by atoms with Crippen molar-refractivity contribution >= 4 is 17.7 Å². The monoisotopic (exact) mass is 545 g/mol. The summed E-state index contributed by atoms with van der Waals surface area (Å²) in [4.78, 5) is 38.4. The van der Waals surface area contributed by atoms with Crippen LogP contribution in [-0.4, -0.2) is 50.4 Å². The standard InChI is InChI=1S/C30H27NO9/c1-14(32)15-4-6-16(7-5-15)29(34)31-27-19-11-22-21(39-13-40-22)10-18(19)25(26-20(27)12-38-30(26)35)17-8-23(36-2)28(33)24(9-17)37-3/h4-11,20,25-27,33H,12-13H2,1-3H3,(H,31,34)/t20-,25+,26-,27+/m0/s1. The van der Waals surface area contributed by atoms with E-state index in [-0.39, 0.29) is 42.3 Å². The fraction of sp³-hybridized carbons (Fsp3) is 0.300. The number of esters is 1. The summed E-state index contributed by atoms with van der Waals surface area (Å²) in [5, 5.41) is 13.6. The number of benzene rings is 3. The number of nitrogens with one attached hydrogen (secondary N) is 1. The number of ether oxygens (including phenoxy) is 5. The van der Waals surface area contributed by atoms with Gasteiger partial charge in [0.2, 0.25) is 12.5 Å². The number of hydrogen-bond acceptors (Lipinski definition) is 9. The van der Waals surface area contributed by atoms with Gasteiger partial charge in [0.15, 0.2) is 28.8 Å². The van der Waals surface area contributed by atoms with Crippen molar-refractivity contribution in [3.05, 3.63) is 76.3 Å². The first-order chi connectivity index (χ1) is 19.3. The van der Waals surface area contributed by atoms with E-state index in [2.05, 4.69) is 5.32 Å². The fourth-order valence-electron chi connectivity index (χ4n) is 5.92. The van der Waals surface area contributed by atoms with E-state index in [4.69, 9.17) is 23.7 Å². The summed E-state index contributed by atoms with van der Waals surface area (Å²) in [6.45, 7) is 1.62. The Kier molecular flexibility index (Phi) is 6.25. The maximum absolute atomic E-state index is 13.4. The smallest absolute Gasteiger partial charge is 0.310 e. The minimum absolute atomic E-state index is 0.0537. The molecule has 3 aliphatic rings. The molecule has 0 bridgehead atoms. The third-order valence-corrected chi connectivity index (χ3v) is 7.89. The van der Waals surface area contributed by atoms with Crippen LogP contribution in [0.3, 0.4) is 0 Å². The predicted molar refractivity (Wildman–Crippen MR) is 140 cm³/mol. The topological polar surface area (TPSA) is 130 Å². The maximum atomic E-state index is 13.4. The zero-order valence-electron chi connectivity index (χ0n) is 22.1. The molecule has 40 heavy (non-hydrogen) atoms. The molecule has 3 aromatic carbocycles. The van der Waals surface area contributed by atoms with Gasteiger partial charge >= 0.3 is 5.97 Å². The minimum atomic E-state index is -0.655. The maximum Gasteiger partial charge on any atom is 0.310 e. The molecular weight excluding hydrogens is 518 g/mol. The number of carbonyl (C=O) groups excluding carboxylic acids is 3. The molecule has 0 aromatic heterocycles. The number of amides is 1. The summed E-state index contributed by atoms with van der Waals surface area (Å²) >= 11 is 0. The summed E-state index contributed by atoms with van der Waals surface area (Å²) in [6.07, 6.45) is 0. The summed E-state index contributed by atoms with van der Waals surface area (Å²) in [7, 11) is 2.87. The van der Waals surface area contributed by atoms with E-state index in [0.29, 0.717) is 28.2 Å². The largest absolute Gasteiger partial charge is 0.502 e. The van der Waals surface area contributed by atoms with E-state index in [0.717, 1.165) is 11.1 Å². The molecule has 1 aliphatic carbocycles. The number of phenols is 1. The van der Waals surface area contributed by atoms with Gasteiger partial charge in [-0.25, -0.2) is 0 Å². The zero-order valence-corrected chi connectivity index (χ0v) is 22.1. The number of carbonyl (C=O) groups is 3. The van der Waals surface area contributed by atoms with Gasteiger partial charge in [0, 0.05) is 23.0 Å². The van der Waals surface area contributed by atoms with Gasteiger partial charge in [-0.2, -0.15) is 0 Å². The molecule has 2 heterocycles. The second-order valence-electron chi connectivity index (χ2n) is 9.99. The molecule has 0 unspecified atom stereocenters. The molecule has 10 nitrogen and oxygen atoms in total. The second kappa shape index (κ2) is 9.78. The number of cyclic esters (lactones) is 1. The van der Waals surface area contributed by atoms with Gasteiger partial charge in [0.25, 0.3) is 5.91 Å². The lowest BCUT2D eigenvalue weighted by Crippen LogP contribution is -2.42. The number of Topliss-reactive ketones (excluding diaryl/α,β-unsaturated/α-hetero) is 1. The second-order valence-corrected chi connectivity index (χ2v) is 9.99. The van der Waals surface area contributed by atoms with Crippen molar-refractivity contribution in [2.75, 3.05) is 27.6 Å². The van der Waals surface area contributed by atoms with E-state index in [1.165, 1.54) is 21.1 Å².